The lowest BCUT2D eigenvalue weighted by Crippen LogP contribution is -2.61. The van der Waals surface area contributed by atoms with Gasteiger partial charge in [0.25, 0.3) is 0 Å². The van der Waals surface area contributed by atoms with Crippen LogP contribution in [-0.2, 0) is 14.3 Å². The van der Waals surface area contributed by atoms with Crippen LogP contribution in [0.1, 0.15) is 72.6 Å². The van der Waals surface area contributed by atoms with Crippen molar-refractivity contribution in [1.82, 2.24) is 0 Å². The molecule has 3 fully saturated rings. The number of rotatable bonds is 2. The number of allylic oxidation sites excluding steroid dienone is 1. The van der Waals surface area contributed by atoms with Crippen molar-refractivity contribution in [3.63, 3.8) is 0 Å². The van der Waals surface area contributed by atoms with E-state index in [0.29, 0.717) is 29.7 Å². The number of aliphatic hydroxyl groups excluding tert-OH is 1. The highest BCUT2D eigenvalue weighted by atomic mass is 32.1. The van der Waals surface area contributed by atoms with E-state index in [1.54, 1.807) is 6.92 Å². The second-order valence-corrected chi connectivity index (χ2v) is 10.6. The molecule has 0 spiro atoms. The summed E-state index contributed by atoms with van der Waals surface area (Å²) in [6.07, 6.45) is 7.06. The Bertz CT molecular complexity index is 773. The zero-order chi connectivity index (χ0) is 20.5. The molecule has 4 aliphatic rings. The minimum absolute atomic E-state index is 0.0749. The summed E-state index contributed by atoms with van der Waals surface area (Å²) in [6, 6.07) is 0. The van der Waals surface area contributed by atoms with Crippen molar-refractivity contribution < 1.29 is 19.4 Å². The number of carbonyl (C=O) groups is 2. The number of thiocarbonyl (C=S) groups is 1. The Labute approximate surface area is 173 Å². The number of ketones is 2. The van der Waals surface area contributed by atoms with Gasteiger partial charge in [-0.2, -0.15) is 0 Å². The molecule has 4 rings (SSSR count). The average molecular weight is 405 g/mol. The Morgan fingerprint density at radius 3 is 2.54 bits per heavy atom. The van der Waals surface area contributed by atoms with Crippen LogP contribution in [0.2, 0.25) is 0 Å². The van der Waals surface area contributed by atoms with Crippen molar-refractivity contribution in [3.8, 4) is 0 Å². The van der Waals surface area contributed by atoms with Crippen LogP contribution in [0.4, 0.5) is 0 Å². The van der Waals surface area contributed by atoms with E-state index in [4.69, 9.17) is 17.0 Å². The molecule has 0 aromatic carbocycles. The normalized spacial score (nSPS) is 47.5. The lowest BCUT2D eigenvalue weighted by Gasteiger charge is -2.59. The van der Waals surface area contributed by atoms with E-state index in [9.17, 15) is 14.7 Å². The number of hydrogen-bond acceptors (Lipinski definition) is 5. The molecular weight excluding hydrogens is 372 g/mol. The van der Waals surface area contributed by atoms with Gasteiger partial charge in [-0.3, -0.25) is 9.59 Å². The van der Waals surface area contributed by atoms with Gasteiger partial charge < -0.3 is 9.84 Å². The molecule has 0 amide bonds. The van der Waals surface area contributed by atoms with Gasteiger partial charge in [-0.1, -0.05) is 19.4 Å². The summed E-state index contributed by atoms with van der Waals surface area (Å²) in [5.41, 5.74) is -0.239. The highest BCUT2D eigenvalue weighted by Crippen LogP contribution is 2.68. The molecule has 154 valence electrons. The van der Waals surface area contributed by atoms with Crippen molar-refractivity contribution in [2.75, 3.05) is 0 Å². The quantitative estimate of drug-likeness (QED) is 0.700. The lowest BCUT2D eigenvalue weighted by atomic mass is 9.46. The molecule has 5 heteroatoms. The molecule has 0 radical (unpaired) electrons. The molecule has 0 bridgehead atoms. The van der Waals surface area contributed by atoms with Crippen LogP contribution in [0.5, 0.6) is 0 Å². The number of hydrogen-bond donors (Lipinski definition) is 1. The standard InChI is InChI=1S/C23H32O4S/c1-13(24)23(27-14(2)28)20(26)12-19-17-6-5-15-11-16(25)7-9-21(15,3)18(17)8-10-22(19,23)4/h11,17-20,26H,5-10,12H2,1-4H3/t17?,18?,19?,20-,21-,22-,23+/m1/s1. The van der Waals surface area contributed by atoms with E-state index in [-0.39, 0.29) is 22.9 Å². The second kappa shape index (κ2) is 6.46. The van der Waals surface area contributed by atoms with Gasteiger partial charge in [-0.25, -0.2) is 0 Å². The summed E-state index contributed by atoms with van der Waals surface area (Å²) < 4.78 is 6.05. The summed E-state index contributed by atoms with van der Waals surface area (Å²) in [5, 5.41) is 11.4. The molecule has 0 aromatic rings. The SMILES string of the molecule is CC(=O)[C@]1(OC(C)=S)[C@H](O)CC2C3CCC4=CC(=O)CC[C@@]4(C)C3CC[C@]21C. The van der Waals surface area contributed by atoms with Crippen LogP contribution in [0.15, 0.2) is 11.6 Å². The van der Waals surface area contributed by atoms with E-state index in [1.807, 2.05) is 6.08 Å². The first-order valence-electron chi connectivity index (χ1n) is 10.7. The lowest BCUT2D eigenvalue weighted by molar-refractivity contribution is -0.168. The van der Waals surface area contributed by atoms with Crippen LogP contribution in [0.3, 0.4) is 0 Å². The maximum Gasteiger partial charge on any atom is 0.198 e. The molecule has 0 aromatic heterocycles. The van der Waals surface area contributed by atoms with E-state index in [2.05, 4.69) is 13.8 Å². The molecule has 0 heterocycles. The Balaban J connectivity index is 1.74. The van der Waals surface area contributed by atoms with E-state index in [0.717, 1.165) is 32.1 Å². The summed E-state index contributed by atoms with van der Waals surface area (Å²) in [7, 11) is 0. The summed E-state index contributed by atoms with van der Waals surface area (Å²) in [5.74, 6) is 1.33. The van der Waals surface area contributed by atoms with Crippen LogP contribution < -0.4 is 0 Å². The number of ether oxygens (including phenoxy) is 1. The monoisotopic (exact) mass is 404 g/mol. The van der Waals surface area contributed by atoms with Gasteiger partial charge in [-0.15, -0.1) is 0 Å². The van der Waals surface area contributed by atoms with Gasteiger partial charge in [0, 0.05) is 18.8 Å². The van der Waals surface area contributed by atoms with Crippen LogP contribution >= 0.6 is 12.2 Å². The molecule has 0 aliphatic heterocycles. The zero-order valence-corrected chi connectivity index (χ0v) is 18.2. The summed E-state index contributed by atoms with van der Waals surface area (Å²) in [6.45, 7) is 7.71. The number of Topliss-reactive ketones (excluding diaryl/α,β-unsaturated/α-hetero) is 1. The van der Waals surface area contributed by atoms with Crippen LogP contribution in [0.25, 0.3) is 0 Å². The van der Waals surface area contributed by atoms with E-state index >= 15 is 0 Å². The molecule has 3 saturated carbocycles. The average Bonchev–Trinajstić information content (AvgIpc) is 2.83. The first kappa shape index (κ1) is 20.2. The molecule has 4 nitrogen and oxygen atoms in total. The van der Waals surface area contributed by atoms with Gasteiger partial charge in [0.05, 0.1) is 0 Å². The number of carbonyl (C=O) groups excluding carboxylic acids is 2. The highest BCUT2D eigenvalue weighted by molar-refractivity contribution is 7.80. The topological polar surface area (TPSA) is 63.6 Å². The van der Waals surface area contributed by atoms with E-state index < -0.39 is 17.1 Å². The van der Waals surface area contributed by atoms with Crippen molar-refractivity contribution in [1.29, 1.82) is 0 Å². The van der Waals surface area contributed by atoms with E-state index in [1.165, 1.54) is 12.5 Å². The number of aliphatic hydroxyl groups is 1. The molecule has 4 aliphatic carbocycles. The zero-order valence-electron chi connectivity index (χ0n) is 17.4. The van der Waals surface area contributed by atoms with Gasteiger partial charge >= 0.3 is 0 Å². The molecule has 1 N–H and O–H groups in total. The molecule has 0 saturated heterocycles. The van der Waals surface area contributed by atoms with Gasteiger partial charge in [0.1, 0.15) is 6.10 Å². The Hall–Kier alpha value is -1.07. The third kappa shape index (κ3) is 2.48. The van der Waals surface area contributed by atoms with Gasteiger partial charge in [0.2, 0.25) is 0 Å². The Kier molecular flexibility index (Phi) is 4.67. The maximum absolute atomic E-state index is 12.9. The van der Waals surface area contributed by atoms with Crippen LogP contribution in [-0.4, -0.2) is 33.4 Å². The molecular formula is C23H32O4S. The minimum atomic E-state index is -1.23. The Morgan fingerprint density at radius 1 is 1.18 bits per heavy atom. The fourth-order valence-corrected chi connectivity index (χ4v) is 7.81. The molecule has 3 unspecified atom stereocenters. The minimum Gasteiger partial charge on any atom is -0.470 e. The third-order valence-corrected chi connectivity index (χ3v) is 9.06. The van der Waals surface area contributed by atoms with Crippen molar-refractivity contribution >= 4 is 28.8 Å². The largest absolute Gasteiger partial charge is 0.470 e. The third-order valence-electron chi connectivity index (χ3n) is 8.97. The second-order valence-electron chi connectivity index (χ2n) is 10.1. The van der Waals surface area contributed by atoms with Gasteiger partial charge in [0.15, 0.2) is 22.2 Å². The predicted octanol–water partition coefficient (Wildman–Crippen LogP) is 4.18. The predicted molar refractivity (Wildman–Crippen MR) is 111 cm³/mol. The van der Waals surface area contributed by atoms with Crippen molar-refractivity contribution in [2.45, 2.75) is 84.3 Å². The highest BCUT2D eigenvalue weighted by Gasteiger charge is 2.71. The van der Waals surface area contributed by atoms with Crippen molar-refractivity contribution in [2.24, 2.45) is 28.6 Å². The Morgan fingerprint density at radius 2 is 1.89 bits per heavy atom. The smallest absolute Gasteiger partial charge is 0.198 e. The fourth-order valence-electron chi connectivity index (χ4n) is 7.68. The molecule has 28 heavy (non-hydrogen) atoms. The van der Waals surface area contributed by atoms with Gasteiger partial charge in [-0.05, 0) is 86.9 Å². The first-order valence-corrected chi connectivity index (χ1v) is 11.1. The first-order chi connectivity index (χ1) is 13.1. The van der Waals surface area contributed by atoms with Crippen LogP contribution in [0, 0.1) is 28.6 Å². The fraction of sp³-hybridized carbons (Fsp3) is 0.783. The summed E-state index contributed by atoms with van der Waals surface area (Å²) in [4.78, 5) is 24.9. The summed E-state index contributed by atoms with van der Waals surface area (Å²) >= 11 is 5.21. The maximum atomic E-state index is 12.9. The van der Waals surface area contributed by atoms with Crippen molar-refractivity contribution in [3.05, 3.63) is 11.6 Å². The number of fused-ring (bicyclic) bond motifs is 5. The molecule has 7 atom stereocenters.